The highest BCUT2D eigenvalue weighted by Gasteiger charge is 2.37. The molecule has 14 nitrogen and oxygen atoms in total. The van der Waals surface area contributed by atoms with E-state index in [1.165, 1.54) is 42.8 Å². The molecule has 0 bridgehead atoms. The summed E-state index contributed by atoms with van der Waals surface area (Å²) in [6, 6.07) is 4.94. The molecule has 2 N–H and O–H groups in total. The fraction of sp³-hybridized carbons (Fsp3) is 0.651. The zero-order chi connectivity index (χ0) is 43.1. The lowest BCUT2D eigenvalue weighted by atomic mass is 9.97. The highest BCUT2D eigenvalue weighted by molar-refractivity contribution is 5.96. The minimum absolute atomic E-state index is 0.0239. The number of likely N-dealkylation sites (N-methyl/N-ethyl adjacent to an activating group) is 3. The maximum Gasteiger partial charge on any atom is 0.334 e. The van der Waals surface area contributed by atoms with Gasteiger partial charge in [-0.05, 0) is 69.8 Å². The number of allylic oxidation sites excluding steroid dienone is 1. The molecule has 0 radical (unpaired) electrons. The second kappa shape index (κ2) is 22.9. The predicted molar refractivity (Wildman–Crippen MR) is 217 cm³/mol. The second-order valence-corrected chi connectivity index (χ2v) is 16.2. The van der Waals surface area contributed by atoms with Crippen LogP contribution >= 0.6 is 0 Å². The second-order valence-electron chi connectivity index (χ2n) is 16.2. The van der Waals surface area contributed by atoms with Crippen LogP contribution in [0.1, 0.15) is 100.0 Å². The van der Waals surface area contributed by atoms with Gasteiger partial charge in [0.1, 0.15) is 30.3 Å². The first-order valence-electron chi connectivity index (χ1n) is 20.2. The van der Waals surface area contributed by atoms with Crippen LogP contribution in [-0.2, 0) is 49.5 Å². The molecule has 2 rings (SSSR count). The van der Waals surface area contributed by atoms with E-state index < -0.39 is 84.4 Å². The van der Waals surface area contributed by atoms with E-state index in [9.17, 15) is 33.6 Å². The summed E-state index contributed by atoms with van der Waals surface area (Å²) in [7, 11) is 4.39. The summed E-state index contributed by atoms with van der Waals surface area (Å²) in [4.78, 5) is 99.4. The van der Waals surface area contributed by atoms with Crippen molar-refractivity contribution in [1.82, 2.24) is 25.3 Å². The Morgan fingerprint density at radius 1 is 0.825 bits per heavy atom. The zero-order valence-electron chi connectivity index (χ0n) is 36.1. The van der Waals surface area contributed by atoms with Gasteiger partial charge in [0.2, 0.25) is 23.6 Å². The van der Waals surface area contributed by atoms with Gasteiger partial charge in [-0.15, -0.1) is 0 Å². The highest BCUT2D eigenvalue weighted by atomic mass is 16.6. The lowest BCUT2D eigenvalue weighted by Crippen LogP contribution is -2.58. The van der Waals surface area contributed by atoms with E-state index in [0.717, 1.165) is 5.56 Å². The molecule has 0 fully saturated rings. The van der Waals surface area contributed by atoms with Crippen molar-refractivity contribution in [3.8, 4) is 0 Å². The average Bonchev–Trinajstić information content (AvgIpc) is 3.17. The van der Waals surface area contributed by atoms with Crippen LogP contribution in [0.3, 0.4) is 0 Å². The minimum atomic E-state index is -1.18. The number of benzene rings is 1. The predicted octanol–water partition coefficient (Wildman–Crippen LogP) is 4.05. The van der Waals surface area contributed by atoms with E-state index in [4.69, 9.17) is 9.47 Å². The van der Waals surface area contributed by atoms with Crippen LogP contribution < -0.4 is 10.6 Å². The van der Waals surface area contributed by atoms with Crippen molar-refractivity contribution >= 4 is 41.5 Å². The molecule has 2 unspecified atom stereocenters. The quantitative estimate of drug-likeness (QED) is 0.387. The first-order chi connectivity index (χ1) is 26.7. The van der Waals surface area contributed by atoms with Crippen LogP contribution in [-0.4, -0.2) is 120 Å². The standard InChI is InChI=1S/C43H67N5O9/c1-13-28(6)37-41(53)47(11)31(9)43(55)56-34(27(4)5)22-18-17-19-29(7)42(54)57-35(23-26(2)3)38(50)44-30(8)39(51)48(12)33(24-32-20-15-14-16-21-32)40(52)46(10)25-36(49)45-37/h14-16,19-21,26-28,30-31,33-35,37H,13,17-18,22-25H2,1-12H3,(H,44,50)(H,45,49)/b29-19+/t28?,30-,31+,33+,34+,35+,37?/m0/s1. The Balaban J connectivity index is 2.57. The lowest BCUT2D eigenvalue weighted by Gasteiger charge is -2.34. The van der Waals surface area contributed by atoms with Crippen LogP contribution in [0.4, 0.5) is 0 Å². The molecule has 0 spiro atoms. The van der Waals surface area contributed by atoms with Gasteiger partial charge < -0.3 is 34.8 Å². The topological polar surface area (TPSA) is 172 Å². The monoisotopic (exact) mass is 797 g/mol. The zero-order valence-corrected chi connectivity index (χ0v) is 36.1. The molecule has 14 heteroatoms. The van der Waals surface area contributed by atoms with Crippen molar-refractivity contribution in [3.05, 3.63) is 47.5 Å². The van der Waals surface area contributed by atoms with Crippen LogP contribution in [0.15, 0.2) is 42.0 Å². The summed E-state index contributed by atoms with van der Waals surface area (Å²) in [6.07, 6.45) is 2.49. The van der Waals surface area contributed by atoms with Gasteiger partial charge in [-0.2, -0.15) is 0 Å². The van der Waals surface area contributed by atoms with E-state index in [1.54, 1.807) is 19.9 Å². The third kappa shape index (κ3) is 14.6. The summed E-state index contributed by atoms with van der Waals surface area (Å²) in [6.45, 7) is 15.6. The van der Waals surface area contributed by atoms with Crippen molar-refractivity contribution < 1.29 is 43.0 Å². The first kappa shape index (κ1) is 48.4. The molecule has 1 aromatic carbocycles. The van der Waals surface area contributed by atoms with Gasteiger partial charge >= 0.3 is 11.9 Å². The third-order valence-electron chi connectivity index (χ3n) is 10.6. The number of carbonyl (C=O) groups excluding carboxylic acids is 7. The van der Waals surface area contributed by atoms with Crippen LogP contribution in [0.5, 0.6) is 0 Å². The maximum atomic E-state index is 14.1. The average molecular weight is 798 g/mol. The van der Waals surface area contributed by atoms with Gasteiger partial charge in [0.05, 0.1) is 6.54 Å². The Bertz CT molecular complexity index is 1580. The number of rotatable bonds is 7. The number of hydrogen-bond donors (Lipinski definition) is 2. The molecule has 0 aliphatic carbocycles. The molecule has 57 heavy (non-hydrogen) atoms. The molecule has 1 aliphatic rings. The van der Waals surface area contributed by atoms with Crippen LogP contribution in [0.2, 0.25) is 0 Å². The molecule has 318 valence electrons. The number of hydrogen-bond acceptors (Lipinski definition) is 9. The minimum Gasteiger partial charge on any atom is -0.461 e. The number of amides is 5. The van der Waals surface area contributed by atoms with E-state index in [2.05, 4.69) is 10.6 Å². The van der Waals surface area contributed by atoms with E-state index in [0.29, 0.717) is 31.3 Å². The number of esters is 2. The fourth-order valence-electron chi connectivity index (χ4n) is 6.43. The van der Waals surface area contributed by atoms with Gasteiger partial charge in [-0.3, -0.25) is 24.0 Å². The molecule has 0 saturated heterocycles. The Morgan fingerprint density at radius 3 is 2.04 bits per heavy atom. The van der Waals surface area contributed by atoms with Gasteiger partial charge in [0.15, 0.2) is 6.10 Å². The molecule has 1 aromatic rings. The summed E-state index contributed by atoms with van der Waals surface area (Å²) < 4.78 is 11.6. The Labute approximate surface area is 339 Å². The summed E-state index contributed by atoms with van der Waals surface area (Å²) in [5.41, 5.74) is 1.07. The normalized spacial score (nSPS) is 26.7. The largest absolute Gasteiger partial charge is 0.461 e. The van der Waals surface area contributed by atoms with Crippen molar-refractivity contribution in [2.24, 2.45) is 17.8 Å². The van der Waals surface area contributed by atoms with E-state index in [1.807, 2.05) is 71.9 Å². The van der Waals surface area contributed by atoms with E-state index in [-0.39, 0.29) is 30.6 Å². The Kier molecular flexibility index (Phi) is 19.4. The summed E-state index contributed by atoms with van der Waals surface area (Å²) in [5, 5.41) is 5.49. The SMILES string of the molecule is CCC(C)C1NC(=O)CN(C)C(=O)[C@@H](Cc2ccccc2)N(C)C(=O)[C@H](C)NC(=O)[C@@H](CC(C)C)OC(=O)/C(C)=C/CCC[C@H](C(C)C)OC(=O)[C@@H](C)N(C)C1=O. The maximum absolute atomic E-state index is 14.1. The summed E-state index contributed by atoms with van der Waals surface area (Å²) in [5.74, 6) is -4.47. The third-order valence-corrected chi connectivity index (χ3v) is 10.6. The molecule has 1 aliphatic heterocycles. The van der Waals surface area contributed by atoms with Gasteiger partial charge in [-0.25, -0.2) is 9.59 Å². The number of nitrogens with one attached hydrogen (secondary N) is 2. The van der Waals surface area contributed by atoms with Gasteiger partial charge in [0.25, 0.3) is 5.91 Å². The summed E-state index contributed by atoms with van der Waals surface area (Å²) >= 11 is 0. The number of ether oxygens (including phenoxy) is 2. The molecule has 7 atom stereocenters. The fourth-order valence-corrected chi connectivity index (χ4v) is 6.43. The molecular weight excluding hydrogens is 730 g/mol. The van der Waals surface area contributed by atoms with Crippen molar-refractivity contribution in [1.29, 1.82) is 0 Å². The smallest absolute Gasteiger partial charge is 0.334 e. The van der Waals surface area contributed by atoms with Crippen molar-refractivity contribution in [3.63, 3.8) is 0 Å². The van der Waals surface area contributed by atoms with Crippen LogP contribution in [0.25, 0.3) is 0 Å². The number of nitrogens with zero attached hydrogens (tertiary/aromatic N) is 3. The highest BCUT2D eigenvalue weighted by Crippen LogP contribution is 2.20. The molecule has 0 aromatic heterocycles. The van der Waals surface area contributed by atoms with E-state index >= 15 is 0 Å². The van der Waals surface area contributed by atoms with Crippen molar-refractivity contribution in [2.45, 2.75) is 137 Å². The molecule has 1 heterocycles. The number of cyclic esters (lactones) is 2. The Morgan fingerprint density at radius 2 is 1.46 bits per heavy atom. The lowest BCUT2D eigenvalue weighted by molar-refractivity contribution is -0.161. The van der Waals surface area contributed by atoms with Gasteiger partial charge in [0, 0.05) is 33.1 Å². The molecule has 5 amide bonds. The number of carbonyl (C=O) groups is 7. The first-order valence-corrected chi connectivity index (χ1v) is 20.2. The van der Waals surface area contributed by atoms with Gasteiger partial charge in [-0.1, -0.05) is 84.4 Å². The Hall–Kier alpha value is -4.75. The van der Waals surface area contributed by atoms with Crippen LogP contribution in [0, 0.1) is 17.8 Å². The molecule has 0 saturated carbocycles. The molecular formula is C43H67N5O9. The van der Waals surface area contributed by atoms with Crippen molar-refractivity contribution in [2.75, 3.05) is 27.7 Å².